The lowest BCUT2D eigenvalue weighted by atomic mass is 10.1. The molecule has 0 fully saturated rings. The summed E-state index contributed by atoms with van der Waals surface area (Å²) in [6.45, 7) is 8.79. The summed E-state index contributed by atoms with van der Waals surface area (Å²) in [5, 5.41) is 3.67. The van der Waals surface area contributed by atoms with Crippen molar-refractivity contribution in [2.45, 2.75) is 64.7 Å². The Bertz CT molecular complexity index is 1070. The molecule has 3 aromatic rings. The van der Waals surface area contributed by atoms with Gasteiger partial charge in [0.2, 0.25) is 5.91 Å². The Morgan fingerprint density at radius 3 is 2.65 bits per heavy atom. The van der Waals surface area contributed by atoms with Crippen LogP contribution in [-0.2, 0) is 17.8 Å². The molecule has 166 valence electrons. The first-order valence-electron chi connectivity index (χ1n) is 10.9. The lowest BCUT2D eigenvalue weighted by molar-refractivity contribution is -0.119. The first kappa shape index (κ1) is 23.1. The molecule has 1 atom stereocenters. The number of thioether (sulfide) groups is 1. The highest BCUT2D eigenvalue weighted by molar-refractivity contribution is 7.99. The number of fused-ring (bicyclic) bond motifs is 1. The lowest BCUT2D eigenvalue weighted by Gasteiger charge is -2.15. The maximum Gasteiger partial charge on any atom is 0.278 e. The Balaban J connectivity index is 1.64. The number of H-pyrrole nitrogens is 1. The molecule has 6 nitrogen and oxygen atoms in total. The molecule has 7 heteroatoms. The van der Waals surface area contributed by atoms with E-state index < -0.39 is 0 Å². The van der Waals surface area contributed by atoms with Gasteiger partial charge in [-0.2, -0.15) is 0 Å². The average Bonchev–Trinajstić information content (AvgIpc) is 3.11. The molecular formula is C24H32N4O2S. The molecule has 31 heavy (non-hydrogen) atoms. The Morgan fingerprint density at radius 1 is 1.19 bits per heavy atom. The van der Waals surface area contributed by atoms with Gasteiger partial charge in [-0.15, -0.1) is 0 Å². The van der Waals surface area contributed by atoms with Crippen molar-refractivity contribution in [1.29, 1.82) is 0 Å². The second-order valence-electron chi connectivity index (χ2n) is 8.53. The summed E-state index contributed by atoms with van der Waals surface area (Å²) >= 11 is 1.33. The number of hydrogen-bond acceptors (Lipinski definition) is 4. The summed E-state index contributed by atoms with van der Waals surface area (Å²) in [5.74, 6) is 0.666. The highest BCUT2D eigenvalue weighted by Gasteiger charge is 2.16. The van der Waals surface area contributed by atoms with Crippen LogP contribution in [0.1, 0.15) is 44.9 Å². The summed E-state index contributed by atoms with van der Waals surface area (Å²) in [6, 6.07) is 12.2. The van der Waals surface area contributed by atoms with E-state index in [9.17, 15) is 9.59 Å². The minimum atomic E-state index is -0.0714. The van der Waals surface area contributed by atoms with Crippen LogP contribution < -0.4 is 10.9 Å². The number of carbonyl (C=O) groups is 1. The van der Waals surface area contributed by atoms with Gasteiger partial charge in [0.25, 0.3) is 5.56 Å². The number of nitrogens with zero attached hydrogens (tertiary/aromatic N) is 2. The first-order chi connectivity index (χ1) is 14.8. The van der Waals surface area contributed by atoms with Crippen molar-refractivity contribution < 1.29 is 4.79 Å². The minimum absolute atomic E-state index is 0.0411. The zero-order chi connectivity index (χ0) is 22.4. The van der Waals surface area contributed by atoms with Crippen LogP contribution >= 0.6 is 11.8 Å². The molecule has 2 N–H and O–H groups in total. The van der Waals surface area contributed by atoms with Crippen LogP contribution in [0.5, 0.6) is 0 Å². The molecule has 0 unspecified atom stereocenters. The highest BCUT2D eigenvalue weighted by atomic mass is 32.2. The molecular weight excluding hydrogens is 408 g/mol. The molecule has 2 aromatic heterocycles. The van der Waals surface area contributed by atoms with Crippen LogP contribution in [0, 0.1) is 12.8 Å². The quantitative estimate of drug-likeness (QED) is 0.364. The number of aryl methyl sites for hydroxylation is 2. The van der Waals surface area contributed by atoms with Gasteiger partial charge in [0.1, 0.15) is 5.52 Å². The molecule has 0 saturated carbocycles. The zero-order valence-corrected chi connectivity index (χ0v) is 19.6. The molecule has 1 aromatic carbocycles. The molecule has 0 aliphatic rings. The highest BCUT2D eigenvalue weighted by Crippen LogP contribution is 2.19. The van der Waals surface area contributed by atoms with Crippen molar-refractivity contribution in [1.82, 2.24) is 19.9 Å². The predicted molar refractivity (Wildman–Crippen MR) is 128 cm³/mol. The molecule has 0 aliphatic carbocycles. The topological polar surface area (TPSA) is 79.8 Å². The molecule has 1 amide bonds. The Hall–Kier alpha value is -2.54. The van der Waals surface area contributed by atoms with Gasteiger partial charge >= 0.3 is 0 Å². The molecule has 3 rings (SSSR count). The second-order valence-corrected chi connectivity index (χ2v) is 9.47. The van der Waals surface area contributed by atoms with Crippen molar-refractivity contribution in [3.05, 3.63) is 58.0 Å². The van der Waals surface area contributed by atoms with Gasteiger partial charge in [-0.3, -0.25) is 14.2 Å². The van der Waals surface area contributed by atoms with Gasteiger partial charge in [0.15, 0.2) is 5.16 Å². The van der Waals surface area contributed by atoms with E-state index in [0.29, 0.717) is 28.7 Å². The van der Waals surface area contributed by atoms with E-state index in [0.717, 1.165) is 25.0 Å². The molecule has 2 heterocycles. The molecule has 0 saturated heterocycles. The van der Waals surface area contributed by atoms with Crippen molar-refractivity contribution in [3.8, 4) is 0 Å². The third-order valence-corrected chi connectivity index (χ3v) is 6.19. The first-order valence-corrected chi connectivity index (χ1v) is 11.9. The van der Waals surface area contributed by atoms with E-state index in [1.807, 2.05) is 38.1 Å². The maximum atomic E-state index is 13.0. The van der Waals surface area contributed by atoms with Gasteiger partial charge in [-0.25, -0.2) is 4.98 Å². The van der Waals surface area contributed by atoms with Gasteiger partial charge in [-0.1, -0.05) is 55.9 Å². The zero-order valence-electron chi connectivity index (χ0n) is 18.8. The van der Waals surface area contributed by atoms with Gasteiger partial charge in [-0.05, 0) is 50.7 Å². The van der Waals surface area contributed by atoms with Crippen molar-refractivity contribution in [2.75, 3.05) is 5.75 Å². The van der Waals surface area contributed by atoms with E-state index in [4.69, 9.17) is 0 Å². The van der Waals surface area contributed by atoms with E-state index in [2.05, 4.69) is 41.3 Å². The van der Waals surface area contributed by atoms with Crippen LogP contribution in [0.2, 0.25) is 0 Å². The SMILES string of the molecule is Cc1cc2nc(SCC(=O)N[C@H](C)CCc3ccccc3)n(CCC(C)C)c(=O)c2[nH]1. The second kappa shape index (κ2) is 10.7. The number of aromatic nitrogens is 3. The fraction of sp³-hybridized carbons (Fsp3) is 0.458. The number of amides is 1. The summed E-state index contributed by atoms with van der Waals surface area (Å²) in [7, 11) is 0. The summed E-state index contributed by atoms with van der Waals surface area (Å²) in [4.78, 5) is 33.3. The molecule has 0 bridgehead atoms. The fourth-order valence-electron chi connectivity index (χ4n) is 3.45. The predicted octanol–water partition coefficient (Wildman–Crippen LogP) is 4.31. The van der Waals surface area contributed by atoms with E-state index in [1.54, 1.807) is 4.57 Å². The smallest absolute Gasteiger partial charge is 0.278 e. The number of carbonyl (C=O) groups excluding carboxylic acids is 1. The number of benzene rings is 1. The van der Waals surface area contributed by atoms with Crippen LogP contribution in [0.25, 0.3) is 11.0 Å². The van der Waals surface area contributed by atoms with E-state index >= 15 is 0 Å². The third-order valence-electron chi connectivity index (χ3n) is 5.22. The summed E-state index contributed by atoms with van der Waals surface area (Å²) in [5.41, 5.74) is 3.29. The third kappa shape index (κ3) is 6.47. The lowest BCUT2D eigenvalue weighted by Crippen LogP contribution is -2.34. The molecule has 0 aliphatic heterocycles. The Labute approximate surface area is 187 Å². The number of hydrogen-bond donors (Lipinski definition) is 2. The van der Waals surface area contributed by atoms with Gasteiger partial charge < -0.3 is 10.3 Å². The van der Waals surface area contributed by atoms with Crippen LogP contribution in [-0.4, -0.2) is 32.2 Å². The monoisotopic (exact) mass is 440 g/mol. The molecule has 0 spiro atoms. The fourth-order valence-corrected chi connectivity index (χ4v) is 4.29. The van der Waals surface area contributed by atoms with Gasteiger partial charge in [0.05, 0.1) is 11.3 Å². The largest absolute Gasteiger partial charge is 0.353 e. The molecule has 0 radical (unpaired) electrons. The van der Waals surface area contributed by atoms with Crippen molar-refractivity contribution >= 4 is 28.7 Å². The van der Waals surface area contributed by atoms with Gasteiger partial charge in [0, 0.05) is 18.3 Å². The van der Waals surface area contributed by atoms with Crippen molar-refractivity contribution in [2.24, 2.45) is 5.92 Å². The standard InChI is InChI=1S/C24H32N4O2S/c1-16(2)12-13-28-23(30)22-20(14-18(4)26-22)27-24(28)31-15-21(29)25-17(3)10-11-19-8-6-5-7-9-19/h5-9,14,16-17,26H,10-13,15H2,1-4H3,(H,25,29)/t17-/m1/s1. The van der Waals surface area contributed by atoms with Crippen LogP contribution in [0.4, 0.5) is 0 Å². The number of nitrogens with one attached hydrogen (secondary N) is 2. The van der Waals surface area contributed by atoms with Crippen molar-refractivity contribution in [3.63, 3.8) is 0 Å². The van der Waals surface area contributed by atoms with E-state index in [-0.39, 0.29) is 23.3 Å². The summed E-state index contributed by atoms with van der Waals surface area (Å²) in [6.07, 6.45) is 2.69. The average molecular weight is 441 g/mol. The number of aromatic amines is 1. The van der Waals surface area contributed by atoms with Crippen LogP contribution in [0.3, 0.4) is 0 Å². The van der Waals surface area contributed by atoms with Crippen LogP contribution in [0.15, 0.2) is 46.3 Å². The maximum absolute atomic E-state index is 13.0. The summed E-state index contributed by atoms with van der Waals surface area (Å²) < 4.78 is 1.70. The normalized spacial score (nSPS) is 12.4. The van der Waals surface area contributed by atoms with E-state index in [1.165, 1.54) is 17.3 Å². The Morgan fingerprint density at radius 2 is 1.94 bits per heavy atom. The minimum Gasteiger partial charge on any atom is -0.353 e. The number of rotatable bonds is 10. The Kier molecular flexibility index (Phi) is 7.96.